The molecule has 0 bridgehead atoms. The summed E-state index contributed by atoms with van der Waals surface area (Å²) < 4.78 is 5.32. The molecule has 1 aromatic heterocycles. The molecule has 6 heteroatoms. The molecule has 142 valence electrons. The molecule has 1 unspecified atom stereocenters. The molecule has 2 amide bonds. The van der Waals surface area contributed by atoms with Crippen molar-refractivity contribution in [2.75, 3.05) is 0 Å². The molecular weight excluding hydrogens is 356 g/mol. The van der Waals surface area contributed by atoms with Gasteiger partial charge in [0.2, 0.25) is 5.60 Å². The number of benzene rings is 2. The lowest BCUT2D eigenvalue weighted by atomic mass is 9.95. The molecule has 0 radical (unpaired) electrons. The van der Waals surface area contributed by atoms with Crippen LogP contribution in [-0.4, -0.2) is 27.9 Å². The predicted octanol–water partition coefficient (Wildman–Crippen LogP) is 3.80. The van der Waals surface area contributed by atoms with Gasteiger partial charge in [0, 0.05) is 11.7 Å². The average molecular weight is 376 g/mol. The van der Waals surface area contributed by atoms with Crippen LogP contribution in [0.2, 0.25) is 0 Å². The number of cyclic esters (lactones) is 1. The van der Waals surface area contributed by atoms with Crippen molar-refractivity contribution in [3.63, 3.8) is 0 Å². The zero-order valence-electron chi connectivity index (χ0n) is 15.9. The van der Waals surface area contributed by atoms with Gasteiger partial charge in [0.15, 0.2) is 0 Å². The zero-order chi connectivity index (χ0) is 20.1. The van der Waals surface area contributed by atoms with E-state index in [0.29, 0.717) is 5.69 Å². The largest absolute Gasteiger partial charge is 0.427 e. The normalized spacial score (nSPS) is 19.5. The Kier molecular flexibility index (Phi) is 4.07. The number of amides is 2. The number of rotatable bonds is 3. The maximum Gasteiger partial charge on any atom is 0.418 e. The molecule has 1 aliphatic rings. The predicted molar refractivity (Wildman–Crippen MR) is 106 cm³/mol. The Bertz CT molecular complexity index is 1160. The number of pyridine rings is 1. The van der Waals surface area contributed by atoms with Crippen LogP contribution >= 0.6 is 0 Å². The van der Waals surface area contributed by atoms with Crippen molar-refractivity contribution >= 4 is 22.8 Å². The molecule has 6 nitrogen and oxygen atoms in total. The fraction of sp³-hybridized carbons (Fsp3) is 0.227. The number of fused-ring (bicyclic) bond motifs is 1. The number of hydrogen-bond donors (Lipinski definition) is 1. The van der Waals surface area contributed by atoms with Crippen LogP contribution in [0.3, 0.4) is 0 Å². The van der Waals surface area contributed by atoms with E-state index in [4.69, 9.17) is 4.74 Å². The highest BCUT2D eigenvalue weighted by atomic mass is 16.6. The van der Waals surface area contributed by atoms with Gasteiger partial charge in [0.05, 0.1) is 5.56 Å². The van der Waals surface area contributed by atoms with E-state index in [-0.39, 0.29) is 11.6 Å². The maximum absolute atomic E-state index is 12.8. The Morgan fingerprint density at radius 3 is 2.32 bits per heavy atom. The molecule has 2 heterocycles. The Labute approximate surface area is 161 Å². The monoisotopic (exact) mass is 376 g/mol. The smallest absolute Gasteiger partial charge is 0.418 e. The summed E-state index contributed by atoms with van der Waals surface area (Å²) in [6, 6.07) is 16.8. The Morgan fingerprint density at radius 2 is 1.68 bits per heavy atom. The molecule has 0 aliphatic carbocycles. The molecule has 3 aromatic rings. The Balaban J connectivity index is 1.75. The lowest BCUT2D eigenvalue weighted by Gasteiger charge is -2.21. The third kappa shape index (κ3) is 2.69. The van der Waals surface area contributed by atoms with E-state index in [1.54, 1.807) is 26.0 Å². The van der Waals surface area contributed by atoms with Crippen LogP contribution in [0.4, 0.5) is 4.79 Å². The van der Waals surface area contributed by atoms with Crippen molar-refractivity contribution in [2.24, 2.45) is 0 Å². The number of nitrogens with zero attached hydrogens (tertiary/aromatic N) is 1. The van der Waals surface area contributed by atoms with Crippen LogP contribution in [0.25, 0.3) is 22.0 Å². The molecule has 4 rings (SSSR count). The van der Waals surface area contributed by atoms with Gasteiger partial charge in [0.1, 0.15) is 0 Å². The second kappa shape index (κ2) is 6.34. The van der Waals surface area contributed by atoms with Crippen LogP contribution in [0.1, 0.15) is 26.3 Å². The SMILES string of the molecule is CC(C)N1C(=O)OC(C)(c2ccc(-c3ccc4ccccc4c3)[nH]c2=O)C1=O. The standard InChI is InChI=1S/C22H20N2O4/c1-13(2)24-20(26)22(3,28-21(24)27)17-10-11-18(23-19(17)25)16-9-8-14-6-4-5-7-15(14)12-16/h4-13H,1-3H3,(H,23,25). The summed E-state index contributed by atoms with van der Waals surface area (Å²) in [5.41, 5.74) is -0.498. The van der Waals surface area contributed by atoms with Crippen molar-refractivity contribution < 1.29 is 14.3 Å². The van der Waals surface area contributed by atoms with Crippen LogP contribution in [0.15, 0.2) is 59.4 Å². The topological polar surface area (TPSA) is 79.5 Å². The van der Waals surface area contributed by atoms with Gasteiger partial charge in [-0.1, -0.05) is 36.4 Å². The van der Waals surface area contributed by atoms with Crippen LogP contribution < -0.4 is 5.56 Å². The lowest BCUT2D eigenvalue weighted by molar-refractivity contribution is -0.137. The maximum atomic E-state index is 12.8. The van der Waals surface area contributed by atoms with E-state index >= 15 is 0 Å². The summed E-state index contributed by atoms with van der Waals surface area (Å²) in [7, 11) is 0. The average Bonchev–Trinajstić information content (AvgIpc) is 2.90. The minimum atomic E-state index is -1.63. The highest BCUT2D eigenvalue weighted by molar-refractivity contribution is 6.03. The number of ether oxygens (including phenoxy) is 1. The molecule has 1 aliphatic heterocycles. The van der Waals surface area contributed by atoms with E-state index in [1.807, 2.05) is 42.5 Å². The molecule has 0 saturated carbocycles. The third-order valence-corrected chi connectivity index (χ3v) is 5.12. The minimum Gasteiger partial charge on any atom is -0.427 e. The van der Waals surface area contributed by atoms with Gasteiger partial charge in [-0.3, -0.25) is 9.59 Å². The molecule has 1 atom stereocenters. The van der Waals surface area contributed by atoms with Crippen molar-refractivity contribution in [1.82, 2.24) is 9.88 Å². The summed E-state index contributed by atoms with van der Waals surface area (Å²) in [5, 5.41) is 2.17. The summed E-state index contributed by atoms with van der Waals surface area (Å²) in [5.74, 6) is -0.531. The van der Waals surface area contributed by atoms with E-state index in [2.05, 4.69) is 4.98 Å². The fourth-order valence-electron chi connectivity index (χ4n) is 3.57. The van der Waals surface area contributed by atoms with Gasteiger partial charge in [0.25, 0.3) is 11.5 Å². The van der Waals surface area contributed by atoms with E-state index in [1.165, 1.54) is 6.92 Å². The third-order valence-electron chi connectivity index (χ3n) is 5.12. The molecule has 1 N–H and O–H groups in total. The minimum absolute atomic E-state index is 0.110. The molecule has 0 spiro atoms. The van der Waals surface area contributed by atoms with Crippen molar-refractivity contribution in [1.29, 1.82) is 0 Å². The first-order valence-electron chi connectivity index (χ1n) is 9.11. The lowest BCUT2D eigenvalue weighted by Crippen LogP contribution is -2.42. The first-order chi connectivity index (χ1) is 13.3. The van der Waals surface area contributed by atoms with Gasteiger partial charge in [-0.05, 0) is 55.3 Å². The highest BCUT2D eigenvalue weighted by Gasteiger charge is 2.53. The number of nitrogens with one attached hydrogen (secondary N) is 1. The van der Waals surface area contributed by atoms with E-state index in [0.717, 1.165) is 21.2 Å². The molecule has 28 heavy (non-hydrogen) atoms. The van der Waals surface area contributed by atoms with Crippen molar-refractivity contribution in [2.45, 2.75) is 32.4 Å². The molecule has 2 aromatic carbocycles. The second-order valence-electron chi connectivity index (χ2n) is 7.35. The summed E-state index contributed by atoms with van der Waals surface area (Å²) in [4.78, 5) is 41.5. The van der Waals surface area contributed by atoms with Crippen LogP contribution in [-0.2, 0) is 15.1 Å². The van der Waals surface area contributed by atoms with Crippen LogP contribution in [0.5, 0.6) is 0 Å². The van der Waals surface area contributed by atoms with Gasteiger partial charge in [-0.2, -0.15) is 0 Å². The Morgan fingerprint density at radius 1 is 0.964 bits per heavy atom. The van der Waals surface area contributed by atoms with Gasteiger partial charge in [-0.25, -0.2) is 9.69 Å². The molecule has 1 fully saturated rings. The number of carbonyl (C=O) groups excluding carboxylic acids is 2. The fourth-order valence-corrected chi connectivity index (χ4v) is 3.57. The number of hydrogen-bond acceptors (Lipinski definition) is 4. The van der Waals surface area contributed by atoms with Crippen molar-refractivity contribution in [3.05, 3.63) is 70.5 Å². The number of aromatic nitrogens is 1. The first-order valence-corrected chi connectivity index (χ1v) is 9.11. The van der Waals surface area contributed by atoms with Crippen molar-refractivity contribution in [3.8, 4) is 11.3 Å². The summed E-state index contributed by atoms with van der Waals surface area (Å²) in [6.45, 7) is 4.89. The summed E-state index contributed by atoms with van der Waals surface area (Å²) in [6.07, 6.45) is -0.736. The molecular formula is C22H20N2O4. The second-order valence-corrected chi connectivity index (χ2v) is 7.35. The number of H-pyrrole nitrogens is 1. The summed E-state index contributed by atoms with van der Waals surface area (Å²) >= 11 is 0. The Hall–Kier alpha value is -3.41. The van der Waals surface area contributed by atoms with Crippen LogP contribution in [0, 0.1) is 0 Å². The van der Waals surface area contributed by atoms with Gasteiger partial charge < -0.3 is 9.72 Å². The van der Waals surface area contributed by atoms with E-state index < -0.39 is 23.2 Å². The highest BCUT2D eigenvalue weighted by Crippen LogP contribution is 2.34. The van der Waals surface area contributed by atoms with Gasteiger partial charge >= 0.3 is 6.09 Å². The first kappa shape index (κ1) is 18.0. The van der Waals surface area contributed by atoms with Gasteiger partial charge in [-0.15, -0.1) is 0 Å². The number of carbonyl (C=O) groups is 2. The molecule has 1 saturated heterocycles. The quantitative estimate of drug-likeness (QED) is 0.754. The van der Waals surface area contributed by atoms with E-state index in [9.17, 15) is 14.4 Å². The zero-order valence-corrected chi connectivity index (χ0v) is 15.9. The number of imide groups is 1. The number of aromatic amines is 1.